The van der Waals surface area contributed by atoms with Crippen molar-refractivity contribution in [3.05, 3.63) is 95.2 Å². The van der Waals surface area contributed by atoms with Crippen molar-refractivity contribution < 1.29 is 18.0 Å². The highest BCUT2D eigenvalue weighted by Crippen LogP contribution is 2.39. The molecule has 180 valence electrons. The molecule has 2 atom stereocenters. The van der Waals surface area contributed by atoms with E-state index in [-0.39, 0.29) is 29.7 Å². The Hall–Kier alpha value is -4.08. The van der Waals surface area contributed by atoms with Crippen LogP contribution in [-0.2, 0) is 6.54 Å². The monoisotopic (exact) mass is 480 g/mol. The molecule has 35 heavy (non-hydrogen) atoms. The predicted molar refractivity (Wildman–Crippen MR) is 125 cm³/mol. The minimum Gasteiger partial charge on any atom is -0.363 e. The van der Waals surface area contributed by atoms with Gasteiger partial charge in [0.05, 0.1) is 30.7 Å². The Bertz CT molecular complexity index is 1330. The van der Waals surface area contributed by atoms with Gasteiger partial charge in [0, 0.05) is 6.20 Å². The molecule has 0 unspecified atom stereocenters. The van der Waals surface area contributed by atoms with E-state index in [2.05, 4.69) is 20.8 Å². The molecule has 7 nitrogen and oxygen atoms in total. The minimum atomic E-state index is -2.63. The molecule has 3 heterocycles. The molecule has 1 aliphatic heterocycles. The molecule has 0 spiro atoms. The van der Waals surface area contributed by atoms with Gasteiger partial charge in [0.1, 0.15) is 23.2 Å². The molecule has 1 aliphatic rings. The minimum absolute atomic E-state index is 0.145. The van der Waals surface area contributed by atoms with Crippen molar-refractivity contribution in [3.8, 4) is 0 Å². The lowest BCUT2D eigenvalue weighted by Gasteiger charge is -2.32. The van der Waals surface area contributed by atoms with E-state index in [0.717, 1.165) is 16.7 Å². The number of nitrogens with zero attached hydrogens (tertiary/aromatic N) is 4. The zero-order valence-corrected chi connectivity index (χ0v) is 18.8. The summed E-state index contributed by atoms with van der Waals surface area (Å²) < 4.78 is 43.7. The maximum Gasteiger partial charge on any atom is 0.261 e. The predicted octanol–water partition coefficient (Wildman–Crippen LogP) is 5.19. The van der Waals surface area contributed by atoms with Crippen LogP contribution in [0, 0.1) is 12.7 Å². The molecule has 0 aliphatic carbocycles. The molecule has 0 bridgehead atoms. The Morgan fingerprint density at radius 2 is 1.86 bits per heavy atom. The third kappa shape index (κ3) is 4.77. The van der Waals surface area contributed by atoms with Crippen molar-refractivity contribution >= 4 is 17.4 Å². The fraction of sp³-hybridized carbons (Fsp3) is 0.240. The average Bonchev–Trinajstić information content (AvgIpc) is 3.47. The van der Waals surface area contributed by atoms with Gasteiger partial charge in [-0.15, -0.1) is 0 Å². The van der Waals surface area contributed by atoms with Gasteiger partial charge < -0.3 is 10.6 Å². The largest absolute Gasteiger partial charge is 0.363 e. The first-order chi connectivity index (χ1) is 16.9. The van der Waals surface area contributed by atoms with Crippen LogP contribution in [0.25, 0.3) is 0 Å². The molecule has 4 aromatic rings. The van der Waals surface area contributed by atoms with Gasteiger partial charge in [-0.1, -0.05) is 42.0 Å². The normalized spacial score (nSPS) is 17.2. The van der Waals surface area contributed by atoms with Crippen LogP contribution in [0.5, 0.6) is 0 Å². The van der Waals surface area contributed by atoms with Gasteiger partial charge in [0.15, 0.2) is 0 Å². The molecule has 2 aromatic heterocycles. The van der Waals surface area contributed by atoms with E-state index in [1.165, 1.54) is 29.2 Å². The molecular formula is C25H23F3N6O. The summed E-state index contributed by atoms with van der Waals surface area (Å²) in [5.41, 5.74) is 3.39. The molecule has 0 saturated heterocycles. The van der Waals surface area contributed by atoms with Gasteiger partial charge in [-0.25, -0.2) is 17.9 Å². The summed E-state index contributed by atoms with van der Waals surface area (Å²) in [6.07, 6.45) is 1.94. The number of rotatable bonds is 6. The van der Waals surface area contributed by atoms with Crippen molar-refractivity contribution in [3.63, 3.8) is 0 Å². The lowest BCUT2D eigenvalue weighted by molar-refractivity contribution is 0.0657. The van der Waals surface area contributed by atoms with Gasteiger partial charge in [0.25, 0.3) is 12.3 Å². The van der Waals surface area contributed by atoms with Gasteiger partial charge in [0.2, 0.25) is 0 Å². The van der Waals surface area contributed by atoms with E-state index >= 15 is 0 Å². The summed E-state index contributed by atoms with van der Waals surface area (Å²) in [5.74, 6) is -0.556. The van der Waals surface area contributed by atoms with Gasteiger partial charge in [-0.2, -0.15) is 10.2 Å². The van der Waals surface area contributed by atoms with Gasteiger partial charge in [-0.05, 0) is 36.6 Å². The number of nitrogens with one attached hydrogen (secondary N) is 2. The van der Waals surface area contributed by atoms with Crippen molar-refractivity contribution in [2.75, 3.05) is 10.6 Å². The SMILES string of the molecule is Cc1ccc([C@H]2C[C@@H](C(F)F)n3ncc(C(=O)Nc4cnn(Cc5ccc(F)cc5)c4)c3N2)cc1. The van der Waals surface area contributed by atoms with Crippen LogP contribution in [-0.4, -0.2) is 31.9 Å². The molecule has 10 heteroatoms. The van der Waals surface area contributed by atoms with E-state index in [1.807, 2.05) is 31.2 Å². The smallest absolute Gasteiger partial charge is 0.261 e. The summed E-state index contributed by atoms with van der Waals surface area (Å²) in [6, 6.07) is 12.2. The first-order valence-electron chi connectivity index (χ1n) is 11.1. The Labute approximate surface area is 199 Å². The highest BCUT2D eigenvalue weighted by Gasteiger charge is 2.36. The third-order valence-electron chi connectivity index (χ3n) is 6.06. The van der Waals surface area contributed by atoms with E-state index in [0.29, 0.717) is 12.2 Å². The number of carbonyl (C=O) groups excluding carboxylic acids is 1. The molecule has 2 aromatic carbocycles. The van der Waals surface area contributed by atoms with Gasteiger partial charge >= 0.3 is 0 Å². The number of benzene rings is 2. The number of hydrogen-bond acceptors (Lipinski definition) is 4. The van der Waals surface area contributed by atoms with E-state index < -0.39 is 18.4 Å². The first-order valence-corrected chi connectivity index (χ1v) is 11.1. The number of aryl methyl sites for hydroxylation is 1. The van der Waals surface area contributed by atoms with E-state index in [1.54, 1.807) is 23.0 Å². The Morgan fingerprint density at radius 3 is 2.57 bits per heavy atom. The average molecular weight is 480 g/mol. The number of carbonyl (C=O) groups is 1. The summed E-state index contributed by atoms with van der Waals surface area (Å²) in [7, 11) is 0. The number of hydrogen-bond donors (Lipinski definition) is 2. The summed E-state index contributed by atoms with van der Waals surface area (Å²) in [4.78, 5) is 13.0. The van der Waals surface area contributed by atoms with Crippen molar-refractivity contribution in [1.29, 1.82) is 0 Å². The lowest BCUT2D eigenvalue weighted by Crippen LogP contribution is -2.31. The number of aromatic nitrogens is 4. The van der Waals surface area contributed by atoms with Crippen LogP contribution in [0.3, 0.4) is 0 Å². The number of alkyl halides is 2. The maximum absolute atomic E-state index is 13.9. The second kappa shape index (κ2) is 9.28. The number of fused-ring (bicyclic) bond motifs is 1. The fourth-order valence-corrected chi connectivity index (χ4v) is 4.21. The Kier molecular flexibility index (Phi) is 6.02. The standard InChI is InChI=1S/C25H23F3N6O/c1-15-2-6-17(7-3-15)21-10-22(23(27)28)34-24(32-21)20(12-30-34)25(35)31-19-11-29-33(14-19)13-16-4-8-18(26)9-5-16/h2-9,11-12,14,21-23,32H,10,13H2,1H3,(H,31,35)/t21-,22+/m1/s1. The van der Waals surface area contributed by atoms with Crippen molar-refractivity contribution in [1.82, 2.24) is 19.6 Å². The van der Waals surface area contributed by atoms with E-state index in [4.69, 9.17) is 0 Å². The Balaban J connectivity index is 1.35. The first kappa shape index (κ1) is 22.7. The van der Waals surface area contributed by atoms with Crippen LogP contribution in [0.4, 0.5) is 24.7 Å². The summed E-state index contributed by atoms with van der Waals surface area (Å²) >= 11 is 0. The molecule has 0 saturated carbocycles. The van der Waals surface area contributed by atoms with Crippen molar-refractivity contribution in [2.24, 2.45) is 0 Å². The lowest BCUT2D eigenvalue weighted by atomic mass is 9.96. The third-order valence-corrected chi connectivity index (χ3v) is 6.06. The zero-order chi connectivity index (χ0) is 24.5. The van der Waals surface area contributed by atoms with Crippen LogP contribution in [0.1, 0.15) is 45.6 Å². The fourth-order valence-electron chi connectivity index (χ4n) is 4.21. The van der Waals surface area contributed by atoms with Crippen molar-refractivity contribution in [2.45, 2.75) is 38.4 Å². The highest BCUT2D eigenvalue weighted by molar-refractivity contribution is 6.07. The molecule has 0 radical (unpaired) electrons. The number of halogens is 3. The quantitative estimate of drug-likeness (QED) is 0.398. The summed E-state index contributed by atoms with van der Waals surface area (Å²) in [5, 5.41) is 14.3. The zero-order valence-electron chi connectivity index (χ0n) is 18.8. The van der Waals surface area contributed by atoms with Crippen LogP contribution in [0.2, 0.25) is 0 Å². The van der Waals surface area contributed by atoms with Crippen LogP contribution >= 0.6 is 0 Å². The molecular weight excluding hydrogens is 457 g/mol. The van der Waals surface area contributed by atoms with Gasteiger partial charge in [-0.3, -0.25) is 9.48 Å². The van der Waals surface area contributed by atoms with E-state index in [9.17, 15) is 18.0 Å². The molecule has 0 fully saturated rings. The second-order valence-electron chi connectivity index (χ2n) is 8.60. The Morgan fingerprint density at radius 1 is 1.11 bits per heavy atom. The second-order valence-corrected chi connectivity index (χ2v) is 8.60. The molecule has 2 N–H and O–H groups in total. The van der Waals surface area contributed by atoms with Crippen LogP contribution in [0.15, 0.2) is 67.1 Å². The topological polar surface area (TPSA) is 76.8 Å². The summed E-state index contributed by atoms with van der Waals surface area (Å²) in [6.45, 7) is 2.36. The number of amides is 1. The highest BCUT2D eigenvalue weighted by atomic mass is 19.3. The molecule has 5 rings (SSSR count). The molecule has 1 amide bonds. The maximum atomic E-state index is 13.9. The number of anilines is 2. The van der Waals surface area contributed by atoms with Crippen LogP contribution < -0.4 is 10.6 Å².